The molecule has 20 heavy (non-hydrogen) atoms. The maximum atomic E-state index is 12.0. The maximum absolute atomic E-state index is 12.0. The van der Waals surface area contributed by atoms with Gasteiger partial charge >= 0.3 is 0 Å². The molecule has 0 unspecified atom stereocenters. The van der Waals surface area contributed by atoms with E-state index in [2.05, 4.69) is 10.9 Å². The molecule has 1 aromatic carbocycles. The third kappa shape index (κ3) is 3.83. The van der Waals surface area contributed by atoms with Crippen molar-refractivity contribution in [2.24, 2.45) is 5.92 Å². The average molecular weight is 274 g/mol. The van der Waals surface area contributed by atoms with Crippen molar-refractivity contribution in [1.29, 1.82) is 0 Å². The average Bonchev–Trinajstić information content (AvgIpc) is 2.89. The van der Waals surface area contributed by atoms with Crippen LogP contribution in [0, 0.1) is 19.8 Å². The molecule has 1 fully saturated rings. The molecule has 0 saturated heterocycles. The highest BCUT2D eigenvalue weighted by atomic mass is 16.2. The normalized spacial score (nSPS) is 15.1. The molecule has 0 heterocycles. The van der Waals surface area contributed by atoms with Crippen molar-refractivity contribution >= 4 is 11.8 Å². The van der Waals surface area contributed by atoms with Gasteiger partial charge in [-0.25, -0.2) is 0 Å². The highest BCUT2D eigenvalue weighted by Gasteiger charge is 2.18. The highest BCUT2D eigenvalue weighted by molar-refractivity contribution is 5.96. The summed E-state index contributed by atoms with van der Waals surface area (Å²) < 4.78 is 0. The Morgan fingerprint density at radius 1 is 1.15 bits per heavy atom. The lowest BCUT2D eigenvalue weighted by Crippen LogP contribution is -2.42. The molecule has 2 N–H and O–H groups in total. The SMILES string of the molecule is Cc1ccc(C(=O)NNC(=O)CC2CCCC2)c(C)c1. The van der Waals surface area contributed by atoms with Gasteiger partial charge in [-0.3, -0.25) is 20.4 Å². The summed E-state index contributed by atoms with van der Waals surface area (Å²) in [5, 5.41) is 0. The molecule has 0 radical (unpaired) electrons. The number of hydrogen-bond acceptors (Lipinski definition) is 2. The fourth-order valence-electron chi connectivity index (χ4n) is 2.79. The van der Waals surface area contributed by atoms with Crippen LogP contribution in [0.1, 0.15) is 53.6 Å². The van der Waals surface area contributed by atoms with Gasteiger partial charge in [0.25, 0.3) is 5.91 Å². The van der Waals surface area contributed by atoms with Gasteiger partial charge in [0.1, 0.15) is 0 Å². The van der Waals surface area contributed by atoms with Crippen molar-refractivity contribution in [2.75, 3.05) is 0 Å². The second-order valence-corrected chi connectivity index (χ2v) is 5.68. The van der Waals surface area contributed by atoms with Crippen LogP contribution in [0.5, 0.6) is 0 Å². The Morgan fingerprint density at radius 2 is 1.85 bits per heavy atom. The molecule has 1 aliphatic rings. The Hall–Kier alpha value is -1.84. The summed E-state index contributed by atoms with van der Waals surface area (Å²) in [5.41, 5.74) is 7.62. The summed E-state index contributed by atoms with van der Waals surface area (Å²) in [6, 6.07) is 5.63. The van der Waals surface area contributed by atoms with Crippen molar-refractivity contribution in [3.8, 4) is 0 Å². The van der Waals surface area contributed by atoms with E-state index in [4.69, 9.17) is 0 Å². The Kier molecular flexibility index (Phi) is 4.77. The van der Waals surface area contributed by atoms with Gasteiger partial charge in [0, 0.05) is 12.0 Å². The van der Waals surface area contributed by atoms with E-state index in [1.807, 2.05) is 26.0 Å². The molecule has 0 aliphatic heterocycles. The molecular formula is C16H22N2O2. The van der Waals surface area contributed by atoms with Crippen LogP contribution >= 0.6 is 0 Å². The van der Waals surface area contributed by atoms with Crippen molar-refractivity contribution in [1.82, 2.24) is 10.9 Å². The summed E-state index contributed by atoms with van der Waals surface area (Å²) in [4.78, 5) is 23.7. The zero-order chi connectivity index (χ0) is 14.5. The van der Waals surface area contributed by atoms with Crippen LogP contribution in [0.3, 0.4) is 0 Å². The zero-order valence-corrected chi connectivity index (χ0v) is 12.2. The third-order valence-electron chi connectivity index (χ3n) is 3.89. The smallest absolute Gasteiger partial charge is 0.269 e. The number of hydrogen-bond donors (Lipinski definition) is 2. The molecule has 4 nitrogen and oxygen atoms in total. The van der Waals surface area contributed by atoms with Gasteiger partial charge < -0.3 is 0 Å². The largest absolute Gasteiger partial charge is 0.273 e. The molecule has 4 heteroatoms. The van der Waals surface area contributed by atoms with Crippen molar-refractivity contribution in [2.45, 2.75) is 46.0 Å². The van der Waals surface area contributed by atoms with Gasteiger partial charge in [0.05, 0.1) is 0 Å². The predicted octanol–water partition coefficient (Wildman–Crippen LogP) is 2.64. The number of benzene rings is 1. The Morgan fingerprint density at radius 3 is 2.50 bits per heavy atom. The van der Waals surface area contributed by atoms with Crippen LogP contribution in [0.4, 0.5) is 0 Å². The van der Waals surface area contributed by atoms with Gasteiger partial charge in [-0.2, -0.15) is 0 Å². The lowest BCUT2D eigenvalue weighted by Gasteiger charge is -2.11. The van der Waals surface area contributed by atoms with Crippen LogP contribution in [0.25, 0.3) is 0 Å². The minimum Gasteiger partial charge on any atom is -0.273 e. The van der Waals surface area contributed by atoms with Crippen LogP contribution in [0.2, 0.25) is 0 Å². The molecule has 0 atom stereocenters. The highest BCUT2D eigenvalue weighted by Crippen LogP contribution is 2.27. The molecular weight excluding hydrogens is 252 g/mol. The number of carbonyl (C=O) groups excluding carboxylic acids is 2. The maximum Gasteiger partial charge on any atom is 0.269 e. The van der Waals surface area contributed by atoms with Crippen LogP contribution in [-0.2, 0) is 4.79 Å². The van der Waals surface area contributed by atoms with E-state index in [1.165, 1.54) is 12.8 Å². The lowest BCUT2D eigenvalue weighted by molar-refractivity contribution is -0.122. The van der Waals surface area contributed by atoms with E-state index < -0.39 is 0 Å². The molecule has 0 aromatic heterocycles. The lowest BCUT2D eigenvalue weighted by atomic mass is 10.0. The van der Waals surface area contributed by atoms with Crippen molar-refractivity contribution in [3.63, 3.8) is 0 Å². The zero-order valence-electron chi connectivity index (χ0n) is 12.2. The number of amides is 2. The van der Waals surface area contributed by atoms with Gasteiger partial charge in [-0.1, -0.05) is 30.5 Å². The van der Waals surface area contributed by atoms with Gasteiger partial charge in [-0.15, -0.1) is 0 Å². The van der Waals surface area contributed by atoms with Crippen molar-refractivity contribution < 1.29 is 9.59 Å². The molecule has 0 bridgehead atoms. The summed E-state index contributed by atoms with van der Waals surface area (Å²) in [5.74, 6) is 0.116. The Labute approximate surface area is 119 Å². The van der Waals surface area contributed by atoms with E-state index in [0.717, 1.165) is 24.0 Å². The second-order valence-electron chi connectivity index (χ2n) is 5.68. The standard InChI is InChI=1S/C16H22N2O2/c1-11-7-8-14(12(2)9-11)16(20)18-17-15(19)10-13-5-3-4-6-13/h7-9,13H,3-6,10H2,1-2H3,(H,17,19)(H,18,20). The van der Waals surface area contributed by atoms with Crippen LogP contribution in [-0.4, -0.2) is 11.8 Å². The Bertz CT molecular complexity index is 505. The van der Waals surface area contributed by atoms with Crippen LogP contribution in [0.15, 0.2) is 18.2 Å². The predicted molar refractivity (Wildman–Crippen MR) is 78.1 cm³/mol. The van der Waals surface area contributed by atoms with E-state index in [-0.39, 0.29) is 11.8 Å². The summed E-state index contributed by atoms with van der Waals surface area (Å²) in [6.45, 7) is 3.88. The minimum atomic E-state index is -0.262. The van der Waals surface area contributed by atoms with Gasteiger partial charge in [0.15, 0.2) is 0 Å². The first-order chi connectivity index (χ1) is 9.56. The van der Waals surface area contributed by atoms with Gasteiger partial charge in [0.2, 0.25) is 5.91 Å². The third-order valence-corrected chi connectivity index (χ3v) is 3.89. The summed E-state index contributed by atoms with van der Waals surface area (Å²) in [6.07, 6.45) is 5.18. The molecule has 2 rings (SSSR count). The van der Waals surface area contributed by atoms with E-state index >= 15 is 0 Å². The number of rotatable bonds is 3. The van der Waals surface area contributed by atoms with E-state index in [1.54, 1.807) is 6.07 Å². The number of nitrogens with one attached hydrogen (secondary N) is 2. The number of aryl methyl sites for hydroxylation is 2. The first kappa shape index (κ1) is 14.6. The quantitative estimate of drug-likeness (QED) is 0.832. The van der Waals surface area contributed by atoms with Crippen LogP contribution < -0.4 is 10.9 Å². The van der Waals surface area contributed by atoms with Gasteiger partial charge in [-0.05, 0) is 44.2 Å². The minimum absolute atomic E-state index is 0.102. The fourth-order valence-corrected chi connectivity index (χ4v) is 2.79. The summed E-state index contributed by atoms with van der Waals surface area (Å²) >= 11 is 0. The number of hydrazine groups is 1. The Balaban J connectivity index is 1.83. The molecule has 1 saturated carbocycles. The van der Waals surface area contributed by atoms with E-state index in [9.17, 15) is 9.59 Å². The summed E-state index contributed by atoms with van der Waals surface area (Å²) in [7, 11) is 0. The number of carbonyl (C=O) groups is 2. The monoisotopic (exact) mass is 274 g/mol. The fraction of sp³-hybridized carbons (Fsp3) is 0.500. The first-order valence-corrected chi connectivity index (χ1v) is 7.22. The second kappa shape index (κ2) is 6.55. The molecule has 1 aromatic rings. The molecule has 108 valence electrons. The molecule has 1 aliphatic carbocycles. The van der Waals surface area contributed by atoms with E-state index in [0.29, 0.717) is 17.9 Å². The molecule has 0 spiro atoms. The topological polar surface area (TPSA) is 58.2 Å². The first-order valence-electron chi connectivity index (χ1n) is 7.22. The van der Waals surface area contributed by atoms with Crippen molar-refractivity contribution in [3.05, 3.63) is 34.9 Å². The molecule has 2 amide bonds.